The van der Waals surface area contributed by atoms with Crippen molar-refractivity contribution in [2.75, 3.05) is 44.4 Å². The molecule has 0 radical (unpaired) electrons. The van der Waals surface area contributed by atoms with E-state index in [0.29, 0.717) is 30.9 Å². The number of benzene rings is 2. The molecule has 1 aromatic heterocycles. The number of rotatable bonds is 6. The van der Waals surface area contributed by atoms with Gasteiger partial charge >= 0.3 is 0 Å². The summed E-state index contributed by atoms with van der Waals surface area (Å²) in [7, 11) is 0. The van der Waals surface area contributed by atoms with Crippen LogP contribution >= 0.6 is 11.3 Å². The topological polar surface area (TPSA) is 54.0 Å². The van der Waals surface area contributed by atoms with E-state index in [0.717, 1.165) is 30.2 Å². The fraction of sp³-hybridized carbons (Fsp3) is 0.292. The fourth-order valence-corrected chi connectivity index (χ4v) is 4.88. The highest BCUT2D eigenvalue weighted by Gasteiger charge is 2.28. The van der Waals surface area contributed by atoms with Crippen molar-refractivity contribution < 1.29 is 18.7 Å². The molecule has 6 nitrogen and oxygen atoms in total. The van der Waals surface area contributed by atoms with Crippen LogP contribution in [0.1, 0.15) is 22.0 Å². The van der Waals surface area contributed by atoms with E-state index >= 15 is 0 Å². The number of piperazine rings is 1. The van der Waals surface area contributed by atoms with Crippen molar-refractivity contribution in [3.63, 3.8) is 0 Å². The molecule has 2 aliphatic heterocycles. The standard InChI is InChI=1S/C24H24FN3O3S/c25-19-3-1-2-4-20(19)27-8-10-28(11-9-27)21(14-26-24(29)18-7-12-32-15-18)17-5-6-22-23(13-17)31-16-30-22/h1-7,12-13,15,21H,8-11,14,16H2,(H,26,29)/t21-/m1/s1. The van der Waals surface area contributed by atoms with Crippen LogP contribution in [-0.2, 0) is 0 Å². The van der Waals surface area contributed by atoms with Crippen molar-refractivity contribution in [3.8, 4) is 11.5 Å². The normalized spacial score (nSPS) is 16.7. The second kappa shape index (κ2) is 9.18. The maximum absolute atomic E-state index is 14.2. The van der Waals surface area contributed by atoms with Crippen LogP contribution in [0.5, 0.6) is 11.5 Å². The minimum atomic E-state index is -0.198. The van der Waals surface area contributed by atoms with Gasteiger partial charge in [-0.3, -0.25) is 9.69 Å². The predicted molar refractivity (Wildman–Crippen MR) is 122 cm³/mol. The maximum Gasteiger partial charge on any atom is 0.252 e. The number of carbonyl (C=O) groups excluding carboxylic acids is 1. The van der Waals surface area contributed by atoms with Crippen molar-refractivity contribution in [1.82, 2.24) is 10.2 Å². The van der Waals surface area contributed by atoms with Crippen LogP contribution in [0.15, 0.2) is 59.3 Å². The van der Waals surface area contributed by atoms with Crippen LogP contribution in [0.2, 0.25) is 0 Å². The molecule has 3 aromatic rings. The van der Waals surface area contributed by atoms with E-state index in [1.807, 2.05) is 47.2 Å². The highest BCUT2D eigenvalue weighted by molar-refractivity contribution is 7.08. The predicted octanol–water partition coefficient (Wildman–Crippen LogP) is 3.91. The van der Waals surface area contributed by atoms with Crippen molar-refractivity contribution in [3.05, 3.63) is 76.2 Å². The first-order valence-electron chi connectivity index (χ1n) is 10.6. The lowest BCUT2D eigenvalue weighted by Crippen LogP contribution is -2.50. The minimum Gasteiger partial charge on any atom is -0.454 e. The molecule has 2 aromatic carbocycles. The monoisotopic (exact) mass is 453 g/mol. The second-order valence-corrected chi connectivity index (χ2v) is 8.61. The van der Waals surface area contributed by atoms with Gasteiger partial charge < -0.3 is 19.7 Å². The molecular weight excluding hydrogens is 429 g/mol. The Hall–Kier alpha value is -3.10. The zero-order valence-corrected chi connectivity index (χ0v) is 18.3. The first-order valence-corrected chi connectivity index (χ1v) is 11.6. The van der Waals surface area contributed by atoms with Gasteiger partial charge in [0.05, 0.1) is 11.7 Å². The Morgan fingerprint density at radius 2 is 1.88 bits per heavy atom. The number of amides is 1. The lowest BCUT2D eigenvalue weighted by molar-refractivity contribution is 0.0930. The highest BCUT2D eigenvalue weighted by Crippen LogP contribution is 2.36. The summed E-state index contributed by atoms with van der Waals surface area (Å²) in [5, 5.41) is 6.82. The van der Waals surface area contributed by atoms with Gasteiger partial charge in [-0.2, -0.15) is 11.3 Å². The quantitative estimate of drug-likeness (QED) is 0.613. The lowest BCUT2D eigenvalue weighted by atomic mass is 10.0. The molecule has 166 valence electrons. The van der Waals surface area contributed by atoms with Gasteiger partial charge in [0.2, 0.25) is 6.79 Å². The van der Waals surface area contributed by atoms with E-state index in [1.165, 1.54) is 17.4 Å². The molecule has 1 atom stereocenters. The van der Waals surface area contributed by atoms with Crippen LogP contribution in [0, 0.1) is 5.82 Å². The third-order valence-corrected chi connectivity index (χ3v) is 6.65. The Kier molecular flexibility index (Phi) is 5.96. The van der Waals surface area contributed by atoms with E-state index in [9.17, 15) is 9.18 Å². The number of hydrogen-bond acceptors (Lipinski definition) is 6. The third kappa shape index (κ3) is 4.28. The number of hydrogen-bond donors (Lipinski definition) is 1. The van der Waals surface area contributed by atoms with Crippen LogP contribution in [-0.4, -0.2) is 50.3 Å². The number of nitrogens with zero attached hydrogens (tertiary/aromatic N) is 2. The summed E-state index contributed by atoms with van der Waals surface area (Å²) in [5.74, 6) is 1.18. The Morgan fingerprint density at radius 1 is 1.06 bits per heavy atom. The fourth-order valence-electron chi connectivity index (χ4n) is 4.25. The van der Waals surface area contributed by atoms with Crippen molar-refractivity contribution in [2.45, 2.75) is 6.04 Å². The van der Waals surface area contributed by atoms with Gasteiger partial charge in [0.25, 0.3) is 5.91 Å². The van der Waals surface area contributed by atoms with Gasteiger partial charge in [0.15, 0.2) is 11.5 Å². The molecule has 0 unspecified atom stereocenters. The molecule has 0 aliphatic carbocycles. The third-order valence-electron chi connectivity index (χ3n) is 5.97. The van der Waals surface area contributed by atoms with Crippen molar-refractivity contribution >= 4 is 22.9 Å². The van der Waals surface area contributed by atoms with E-state index in [2.05, 4.69) is 15.1 Å². The summed E-state index contributed by atoms with van der Waals surface area (Å²) in [5.41, 5.74) is 2.36. The lowest BCUT2D eigenvalue weighted by Gasteiger charge is -2.40. The molecule has 2 aliphatic rings. The first kappa shape index (κ1) is 20.8. The van der Waals surface area contributed by atoms with Crippen LogP contribution in [0.3, 0.4) is 0 Å². The Labute approximate surface area is 190 Å². The average Bonchev–Trinajstić information content (AvgIpc) is 3.52. The first-order chi connectivity index (χ1) is 15.7. The minimum absolute atomic E-state index is 0.0325. The molecule has 1 fully saturated rings. The van der Waals surface area contributed by atoms with Crippen molar-refractivity contribution in [2.24, 2.45) is 0 Å². The van der Waals surface area contributed by atoms with E-state index in [4.69, 9.17) is 9.47 Å². The van der Waals surface area contributed by atoms with E-state index in [1.54, 1.807) is 6.07 Å². The summed E-state index contributed by atoms with van der Waals surface area (Å²) < 4.78 is 25.3. The molecule has 0 saturated carbocycles. The summed E-state index contributed by atoms with van der Waals surface area (Å²) in [6.07, 6.45) is 0. The van der Waals surface area contributed by atoms with Gasteiger partial charge in [-0.05, 0) is 41.3 Å². The number of fused-ring (bicyclic) bond motifs is 1. The second-order valence-electron chi connectivity index (χ2n) is 7.82. The summed E-state index contributed by atoms with van der Waals surface area (Å²) in [6, 6.07) is 14.6. The molecule has 0 bridgehead atoms. The Balaban J connectivity index is 1.33. The molecule has 3 heterocycles. The molecule has 1 saturated heterocycles. The number of nitrogens with one attached hydrogen (secondary N) is 1. The van der Waals surface area contributed by atoms with Crippen LogP contribution in [0.4, 0.5) is 10.1 Å². The number of ether oxygens (including phenoxy) is 2. The summed E-state index contributed by atoms with van der Waals surface area (Å²) >= 11 is 1.50. The SMILES string of the molecule is O=C(NC[C@H](c1ccc2c(c1)OCO2)N1CCN(c2ccccc2F)CC1)c1ccsc1. The van der Waals surface area contributed by atoms with Gasteiger partial charge in [0.1, 0.15) is 5.82 Å². The van der Waals surface area contributed by atoms with E-state index < -0.39 is 0 Å². The maximum atomic E-state index is 14.2. The van der Waals surface area contributed by atoms with Gasteiger partial charge in [-0.15, -0.1) is 0 Å². The number of thiophene rings is 1. The molecule has 5 rings (SSSR count). The molecule has 0 spiro atoms. The van der Waals surface area contributed by atoms with Gasteiger partial charge in [-0.25, -0.2) is 4.39 Å². The molecule has 1 N–H and O–H groups in total. The number of para-hydroxylation sites is 1. The number of halogens is 1. The zero-order chi connectivity index (χ0) is 21.9. The Morgan fingerprint density at radius 3 is 2.66 bits per heavy atom. The molecule has 8 heteroatoms. The molecule has 32 heavy (non-hydrogen) atoms. The Bertz CT molecular complexity index is 1080. The highest BCUT2D eigenvalue weighted by atomic mass is 32.1. The van der Waals surface area contributed by atoms with Crippen LogP contribution in [0.25, 0.3) is 0 Å². The smallest absolute Gasteiger partial charge is 0.252 e. The molecule has 1 amide bonds. The van der Waals surface area contributed by atoms with E-state index in [-0.39, 0.29) is 24.6 Å². The summed E-state index contributed by atoms with van der Waals surface area (Å²) in [4.78, 5) is 17.0. The van der Waals surface area contributed by atoms with Gasteiger partial charge in [-0.1, -0.05) is 18.2 Å². The summed E-state index contributed by atoms with van der Waals surface area (Å²) in [6.45, 7) is 3.61. The average molecular weight is 454 g/mol. The largest absolute Gasteiger partial charge is 0.454 e. The van der Waals surface area contributed by atoms with Gasteiger partial charge in [0, 0.05) is 43.7 Å². The van der Waals surface area contributed by atoms with Crippen LogP contribution < -0.4 is 19.7 Å². The zero-order valence-electron chi connectivity index (χ0n) is 17.5. The number of anilines is 1. The molecular formula is C24H24FN3O3S. The van der Waals surface area contributed by atoms with Crippen molar-refractivity contribution in [1.29, 1.82) is 0 Å². The number of carbonyl (C=O) groups is 1.